The van der Waals surface area contributed by atoms with E-state index in [-0.39, 0.29) is 12.5 Å². The Morgan fingerprint density at radius 2 is 0.633 bits per heavy atom. The number of allylic oxidation sites excluding steroid dienone is 3. The Morgan fingerprint density at radius 3 is 0.917 bits per heavy atom. The summed E-state index contributed by atoms with van der Waals surface area (Å²) in [6.07, 6.45) is 69.6. The van der Waals surface area contributed by atoms with E-state index in [2.05, 4.69) is 31.3 Å². The zero-order valence-electron chi connectivity index (χ0n) is 41.0. The Balaban J connectivity index is 3.28. The molecule has 3 N–H and O–H groups in total. The van der Waals surface area contributed by atoms with Crippen molar-refractivity contribution in [2.45, 2.75) is 321 Å². The molecule has 0 aliphatic rings. The zero-order chi connectivity index (χ0) is 43.5. The molecule has 60 heavy (non-hydrogen) atoms. The van der Waals surface area contributed by atoms with Crippen LogP contribution >= 0.6 is 0 Å². The van der Waals surface area contributed by atoms with Crippen molar-refractivity contribution in [1.82, 2.24) is 5.32 Å². The van der Waals surface area contributed by atoms with Crippen LogP contribution in [0.3, 0.4) is 0 Å². The van der Waals surface area contributed by atoms with E-state index in [1.807, 2.05) is 6.08 Å². The number of hydrogen-bond acceptors (Lipinski definition) is 3. The molecule has 0 heterocycles. The first kappa shape index (κ1) is 58.9. The SMILES string of the molecule is CCCCCCC/C=C/C(O)C(CO)NC(=O)CCCCCCCCCCCCCCCCCCCCCCCCCCCCCCC/C=C\CCCCCCCCCC. The van der Waals surface area contributed by atoms with Crippen LogP contribution < -0.4 is 5.32 Å². The van der Waals surface area contributed by atoms with Gasteiger partial charge < -0.3 is 15.5 Å². The van der Waals surface area contributed by atoms with Gasteiger partial charge in [-0.2, -0.15) is 0 Å². The molecule has 0 bridgehead atoms. The van der Waals surface area contributed by atoms with Gasteiger partial charge in [0.05, 0.1) is 18.8 Å². The molecule has 0 saturated carbocycles. The third kappa shape index (κ3) is 47.9. The molecule has 0 aromatic carbocycles. The molecule has 4 heteroatoms. The number of aliphatic hydroxyl groups excluding tert-OH is 2. The summed E-state index contributed by atoms with van der Waals surface area (Å²) in [5.41, 5.74) is 0. The number of carbonyl (C=O) groups is 1. The van der Waals surface area contributed by atoms with Gasteiger partial charge in [-0.1, -0.05) is 282 Å². The molecule has 0 aromatic rings. The number of unbranched alkanes of at least 4 members (excludes halogenated alkanes) is 42. The lowest BCUT2D eigenvalue weighted by atomic mass is 10.0. The second kappa shape index (κ2) is 52.2. The van der Waals surface area contributed by atoms with Gasteiger partial charge in [-0.25, -0.2) is 0 Å². The Kier molecular flexibility index (Phi) is 51.2. The van der Waals surface area contributed by atoms with E-state index in [4.69, 9.17) is 0 Å². The molecular formula is C56H109NO3. The number of rotatable bonds is 51. The summed E-state index contributed by atoms with van der Waals surface area (Å²) < 4.78 is 0. The molecule has 2 unspecified atom stereocenters. The van der Waals surface area contributed by atoms with Gasteiger partial charge in [-0.05, 0) is 44.9 Å². The molecular weight excluding hydrogens is 735 g/mol. The number of nitrogens with one attached hydrogen (secondary N) is 1. The smallest absolute Gasteiger partial charge is 0.220 e. The zero-order valence-corrected chi connectivity index (χ0v) is 41.0. The van der Waals surface area contributed by atoms with Crippen molar-refractivity contribution in [2.75, 3.05) is 6.61 Å². The number of aliphatic hydroxyl groups is 2. The van der Waals surface area contributed by atoms with Gasteiger partial charge in [-0.3, -0.25) is 4.79 Å². The molecule has 356 valence electrons. The molecule has 0 fully saturated rings. The van der Waals surface area contributed by atoms with Gasteiger partial charge in [0.2, 0.25) is 5.91 Å². The largest absolute Gasteiger partial charge is 0.394 e. The molecule has 0 rings (SSSR count). The normalized spacial score (nSPS) is 12.9. The van der Waals surface area contributed by atoms with Crippen LogP contribution in [0.2, 0.25) is 0 Å². The van der Waals surface area contributed by atoms with Gasteiger partial charge in [0.25, 0.3) is 0 Å². The predicted molar refractivity (Wildman–Crippen MR) is 267 cm³/mol. The van der Waals surface area contributed by atoms with Crippen LogP contribution in [0.15, 0.2) is 24.3 Å². The first-order valence-electron chi connectivity index (χ1n) is 27.6. The third-order valence-corrected chi connectivity index (χ3v) is 12.9. The maximum absolute atomic E-state index is 12.3. The van der Waals surface area contributed by atoms with Crippen LogP contribution in [0.5, 0.6) is 0 Å². The average Bonchev–Trinajstić information content (AvgIpc) is 3.25. The van der Waals surface area contributed by atoms with Gasteiger partial charge in [0.15, 0.2) is 0 Å². The minimum atomic E-state index is -0.832. The van der Waals surface area contributed by atoms with Crippen molar-refractivity contribution >= 4 is 5.91 Å². The predicted octanol–water partition coefficient (Wildman–Crippen LogP) is 17.9. The maximum Gasteiger partial charge on any atom is 0.220 e. The quantitative estimate of drug-likeness (QED) is 0.0422. The first-order chi connectivity index (χ1) is 29.7. The Morgan fingerprint density at radius 1 is 0.383 bits per heavy atom. The van der Waals surface area contributed by atoms with Gasteiger partial charge >= 0.3 is 0 Å². The Bertz CT molecular complexity index is 871. The summed E-state index contributed by atoms with van der Waals surface area (Å²) in [6.45, 7) is 4.27. The Hall–Kier alpha value is -1.13. The molecule has 0 aliphatic carbocycles. The van der Waals surface area contributed by atoms with Crippen molar-refractivity contribution in [1.29, 1.82) is 0 Å². The second-order valence-electron chi connectivity index (χ2n) is 19.0. The summed E-state index contributed by atoms with van der Waals surface area (Å²) in [7, 11) is 0. The highest BCUT2D eigenvalue weighted by Crippen LogP contribution is 2.17. The maximum atomic E-state index is 12.3. The summed E-state index contributed by atoms with van der Waals surface area (Å²) in [5, 5.41) is 22.8. The minimum absolute atomic E-state index is 0.0631. The van der Waals surface area contributed by atoms with Gasteiger partial charge in [-0.15, -0.1) is 0 Å². The van der Waals surface area contributed by atoms with Crippen LogP contribution in [0.25, 0.3) is 0 Å². The number of amides is 1. The lowest BCUT2D eigenvalue weighted by Crippen LogP contribution is -2.45. The van der Waals surface area contributed by atoms with Crippen LogP contribution in [0.1, 0.15) is 309 Å². The summed E-state index contributed by atoms with van der Waals surface area (Å²) >= 11 is 0. The Labute approximate surface area is 377 Å². The van der Waals surface area contributed by atoms with Crippen molar-refractivity contribution in [2.24, 2.45) is 0 Å². The molecule has 0 radical (unpaired) electrons. The standard InChI is InChI=1S/C56H109NO3/c1-3-5-7-9-11-12-13-14-15-16-17-18-19-20-21-22-23-24-25-26-27-28-29-30-31-32-33-34-35-36-37-38-39-40-41-42-43-44-46-48-50-52-56(60)57-54(53-58)55(59)51-49-47-45-10-8-6-4-2/h16-17,49,51,54-55,58-59H,3-15,18-48,50,52-53H2,1-2H3,(H,57,60)/b17-16-,51-49+. The van der Waals surface area contributed by atoms with E-state index in [0.717, 1.165) is 25.7 Å². The van der Waals surface area contributed by atoms with Crippen LogP contribution in [-0.4, -0.2) is 34.9 Å². The molecule has 1 amide bonds. The first-order valence-corrected chi connectivity index (χ1v) is 27.6. The van der Waals surface area contributed by atoms with E-state index in [1.54, 1.807) is 6.08 Å². The van der Waals surface area contributed by atoms with Crippen molar-refractivity contribution in [3.05, 3.63) is 24.3 Å². The second-order valence-corrected chi connectivity index (χ2v) is 19.0. The molecule has 0 saturated heterocycles. The summed E-state index contributed by atoms with van der Waals surface area (Å²) in [6, 6.07) is -0.615. The highest BCUT2D eigenvalue weighted by Gasteiger charge is 2.18. The summed E-state index contributed by atoms with van der Waals surface area (Å²) in [4.78, 5) is 12.3. The highest BCUT2D eigenvalue weighted by molar-refractivity contribution is 5.76. The van der Waals surface area contributed by atoms with Crippen LogP contribution in [-0.2, 0) is 4.79 Å². The van der Waals surface area contributed by atoms with Crippen molar-refractivity contribution < 1.29 is 15.0 Å². The van der Waals surface area contributed by atoms with E-state index in [1.165, 1.54) is 263 Å². The lowest BCUT2D eigenvalue weighted by molar-refractivity contribution is -0.123. The van der Waals surface area contributed by atoms with E-state index < -0.39 is 12.1 Å². The topological polar surface area (TPSA) is 69.6 Å². The molecule has 0 aromatic heterocycles. The minimum Gasteiger partial charge on any atom is -0.394 e. The third-order valence-electron chi connectivity index (χ3n) is 12.9. The lowest BCUT2D eigenvalue weighted by Gasteiger charge is -2.20. The molecule has 0 spiro atoms. The van der Waals surface area contributed by atoms with E-state index in [0.29, 0.717) is 6.42 Å². The fourth-order valence-electron chi connectivity index (χ4n) is 8.71. The average molecular weight is 844 g/mol. The molecule has 4 nitrogen and oxygen atoms in total. The molecule has 2 atom stereocenters. The van der Waals surface area contributed by atoms with E-state index >= 15 is 0 Å². The van der Waals surface area contributed by atoms with E-state index in [9.17, 15) is 15.0 Å². The number of hydrogen-bond donors (Lipinski definition) is 3. The molecule has 0 aliphatic heterocycles. The van der Waals surface area contributed by atoms with Gasteiger partial charge in [0, 0.05) is 6.42 Å². The van der Waals surface area contributed by atoms with Crippen molar-refractivity contribution in [3.8, 4) is 0 Å². The summed E-state index contributed by atoms with van der Waals surface area (Å²) in [5.74, 6) is -0.0631. The number of carbonyl (C=O) groups excluding carboxylic acids is 1. The van der Waals surface area contributed by atoms with Crippen molar-refractivity contribution in [3.63, 3.8) is 0 Å². The van der Waals surface area contributed by atoms with Crippen LogP contribution in [0.4, 0.5) is 0 Å². The van der Waals surface area contributed by atoms with Crippen LogP contribution in [0, 0.1) is 0 Å². The van der Waals surface area contributed by atoms with Gasteiger partial charge in [0.1, 0.15) is 0 Å². The fourth-order valence-corrected chi connectivity index (χ4v) is 8.71. The monoisotopic (exact) mass is 844 g/mol. The fraction of sp³-hybridized carbons (Fsp3) is 0.911. The highest BCUT2D eigenvalue weighted by atomic mass is 16.3.